The molecule has 1 aromatic heterocycles. The monoisotopic (exact) mass is 352 g/mol. The molecule has 26 heavy (non-hydrogen) atoms. The van der Waals surface area contributed by atoms with E-state index in [-0.39, 0.29) is 11.8 Å². The first kappa shape index (κ1) is 17.5. The van der Waals surface area contributed by atoms with Gasteiger partial charge in [0.25, 0.3) is 11.8 Å². The molecular formula is C20H20N2O4. The standard InChI is InChI=1S/C20H20N2O4/c1-11-9-13(19(23)21-3)5-7-16(11)22-20(24)18-12(2)26-17-8-6-14(25-4)10-15(17)18/h5-10H,1-4H3,(H,21,23)(H,22,24). The van der Waals surface area contributed by atoms with Gasteiger partial charge in [-0.25, -0.2) is 0 Å². The van der Waals surface area contributed by atoms with Crippen LogP contribution in [0.5, 0.6) is 5.75 Å². The summed E-state index contributed by atoms with van der Waals surface area (Å²) in [6.45, 7) is 3.59. The maximum Gasteiger partial charge on any atom is 0.259 e. The molecule has 2 amide bonds. The molecule has 0 aliphatic rings. The van der Waals surface area contributed by atoms with E-state index in [9.17, 15) is 9.59 Å². The molecule has 0 saturated carbocycles. The number of hydrogen-bond donors (Lipinski definition) is 2. The van der Waals surface area contributed by atoms with Crippen LogP contribution < -0.4 is 15.4 Å². The third-order valence-corrected chi connectivity index (χ3v) is 4.26. The molecular weight excluding hydrogens is 332 g/mol. The van der Waals surface area contributed by atoms with E-state index >= 15 is 0 Å². The van der Waals surface area contributed by atoms with Gasteiger partial charge in [0.05, 0.1) is 12.7 Å². The molecule has 0 unspecified atom stereocenters. The molecule has 2 aromatic carbocycles. The Kier molecular flexibility index (Phi) is 4.67. The van der Waals surface area contributed by atoms with E-state index in [0.717, 1.165) is 5.56 Å². The Morgan fingerprint density at radius 1 is 1.04 bits per heavy atom. The van der Waals surface area contributed by atoms with Crippen molar-refractivity contribution >= 4 is 28.5 Å². The van der Waals surface area contributed by atoms with Gasteiger partial charge in [-0.3, -0.25) is 9.59 Å². The minimum Gasteiger partial charge on any atom is -0.497 e. The van der Waals surface area contributed by atoms with Crippen LogP contribution in [0.2, 0.25) is 0 Å². The molecule has 0 spiro atoms. The summed E-state index contributed by atoms with van der Waals surface area (Å²) in [5.74, 6) is 0.740. The largest absolute Gasteiger partial charge is 0.497 e. The third kappa shape index (κ3) is 3.13. The van der Waals surface area contributed by atoms with Crippen LogP contribution in [0.4, 0.5) is 5.69 Å². The van der Waals surface area contributed by atoms with Crippen LogP contribution in [-0.2, 0) is 0 Å². The number of anilines is 1. The fourth-order valence-corrected chi connectivity index (χ4v) is 2.88. The number of furan rings is 1. The van der Waals surface area contributed by atoms with Crippen LogP contribution in [-0.4, -0.2) is 26.0 Å². The number of nitrogens with one attached hydrogen (secondary N) is 2. The number of fused-ring (bicyclic) bond motifs is 1. The number of aryl methyl sites for hydroxylation is 2. The van der Waals surface area contributed by atoms with Crippen LogP contribution in [0.25, 0.3) is 11.0 Å². The van der Waals surface area contributed by atoms with Gasteiger partial charge in [0.15, 0.2) is 0 Å². The summed E-state index contributed by atoms with van der Waals surface area (Å²) in [7, 11) is 3.15. The molecule has 0 radical (unpaired) electrons. The summed E-state index contributed by atoms with van der Waals surface area (Å²) in [5, 5.41) is 6.17. The average molecular weight is 352 g/mol. The molecule has 0 aliphatic heterocycles. The maximum atomic E-state index is 12.8. The molecule has 1 heterocycles. The number of carbonyl (C=O) groups excluding carboxylic acids is 2. The molecule has 0 aliphatic carbocycles. The van der Waals surface area contributed by atoms with Crippen molar-refractivity contribution in [3.05, 3.63) is 58.8 Å². The Morgan fingerprint density at radius 2 is 1.81 bits per heavy atom. The van der Waals surface area contributed by atoms with Crippen molar-refractivity contribution in [2.45, 2.75) is 13.8 Å². The van der Waals surface area contributed by atoms with Crippen LogP contribution >= 0.6 is 0 Å². The van der Waals surface area contributed by atoms with E-state index in [4.69, 9.17) is 9.15 Å². The quantitative estimate of drug-likeness (QED) is 0.751. The zero-order valence-electron chi connectivity index (χ0n) is 15.1. The molecule has 3 aromatic rings. The highest BCUT2D eigenvalue weighted by Gasteiger charge is 2.19. The third-order valence-electron chi connectivity index (χ3n) is 4.26. The van der Waals surface area contributed by atoms with Crippen LogP contribution in [0.1, 0.15) is 32.0 Å². The second-order valence-corrected chi connectivity index (χ2v) is 5.96. The van der Waals surface area contributed by atoms with E-state index in [0.29, 0.717) is 39.3 Å². The molecule has 134 valence electrons. The number of amides is 2. The van der Waals surface area contributed by atoms with Gasteiger partial charge in [-0.2, -0.15) is 0 Å². The highest BCUT2D eigenvalue weighted by molar-refractivity contribution is 6.13. The maximum absolute atomic E-state index is 12.8. The lowest BCUT2D eigenvalue weighted by Crippen LogP contribution is -2.18. The fraction of sp³-hybridized carbons (Fsp3) is 0.200. The first-order chi connectivity index (χ1) is 12.4. The van der Waals surface area contributed by atoms with Gasteiger partial charge in [-0.05, 0) is 55.8 Å². The van der Waals surface area contributed by atoms with Gasteiger partial charge in [-0.1, -0.05) is 0 Å². The number of methoxy groups -OCH3 is 1. The lowest BCUT2D eigenvalue weighted by molar-refractivity contribution is 0.0962. The summed E-state index contributed by atoms with van der Waals surface area (Å²) in [5.41, 5.74) is 3.06. The number of hydrogen-bond acceptors (Lipinski definition) is 4. The topological polar surface area (TPSA) is 80.6 Å². The zero-order chi connectivity index (χ0) is 18.8. The van der Waals surface area contributed by atoms with Crippen molar-refractivity contribution in [1.29, 1.82) is 0 Å². The highest BCUT2D eigenvalue weighted by Crippen LogP contribution is 2.30. The predicted octanol–water partition coefficient (Wildman–Crippen LogP) is 3.67. The Balaban J connectivity index is 1.94. The van der Waals surface area contributed by atoms with Crippen molar-refractivity contribution in [3.63, 3.8) is 0 Å². The van der Waals surface area contributed by atoms with E-state index in [1.807, 2.05) is 6.92 Å². The molecule has 0 atom stereocenters. The number of carbonyl (C=O) groups is 2. The van der Waals surface area contributed by atoms with Crippen LogP contribution in [0.15, 0.2) is 40.8 Å². The lowest BCUT2D eigenvalue weighted by atomic mass is 10.1. The number of ether oxygens (including phenoxy) is 1. The van der Waals surface area contributed by atoms with E-state index < -0.39 is 0 Å². The molecule has 2 N–H and O–H groups in total. The molecule has 0 saturated heterocycles. The van der Waals surface area contributed by atoms with Crippen molar-refractivity contribution in [3.8, 4) is 5.75 Å². The fourth-order valence-electron chi connectivity index (χ4n) is 2.88. The van der Waals surface area contributed by atoms with E-state index in [1.54, 1.807) is 57.5 Å². The smallest absolute Gasteiger partial charge is 0.259 e. The summed E-state index contributed by atoms with van der Waals surface area (Å²) >= 11 is 0. The summed E-state index contributed by atoms with van der Waals surface area (Å²) in [6.07, 6.45) is 0. The second kappa shape index (κ2) is 6.92. The Hall–Kier alpha value is -3.28. The molecule has 3 rings (SSSR count). The SMILES string of the molecule is CNC(=O)c1ccc(NC(=O)c2c(C)oc3ccc(OC)cc23)c(C)c1. The Morgan fingerprint density at radius 3 is 2.46 bits per heavy atom. The molecule has 6 nitrogen and oxygen atoms in total. The number of rotatable bonds is 4. The lowest BCUT2D eigenvalue weighted by Gasteiger charge is -2.10. The van der Waals surface area contributed by atoms with Crippen LogP contribution in [0, 0.1) is 13.8 Å². The highest BCUT2D eigenvalue weighted by atomic mass is 16.5. The number of benzene rings is 2. The van der Waals surface area contributed by atoms with Crippen LogP contribution in [0.3, 0.4) is 0 Å². The predicted molar refractivity (Wildman–Crippen MR) is 100 cm³/mol. The molecule has 0 fully saturated rings. The van der Waals surface area contributed by atoms with Gasteiger partial charge in [0.2, 0.25) is 0 Å². The summed E-state index contributed by atoms with van der Waals surface area (Å²) < 4.78 is 10.9. The van der Waals surface area contributed by atoms with Crippen molar-refractivity contribution in [1.82, 2.24) is 5.32 Å². The van der Waals surface area contributed by atoms with Gasteiger partial charge >= 0.3 is 0 Å². The second-order valence-electron chi connectivity index (χ2n) is 5.96. The van der Waals surface area contributed by atoms with Crippen molar-refractivity contribution < 1.29 is 18.7 Å². The van der Waals surface area contributed by atoms with Gasteiger partial charge in [-0.15, -0.1) is 0 Å². The van der Waals surface area contributed by atoms with Crippen molar-refractivity contribution in [2.24, 2.45) is 0 Å². The first-order valence-corrected chi connectivity index (χ1v) is 8.15. The van der Waals surface area contributed by atoms with Gasteiger partial charge in [0, 0.05) is 23.7 Å². The van der Waals surface area contributed by atoms with Crippen molar-refractivity contribution in [2.75, 3.05) is 19.5 Å². The molecule has 0 bridgehead atoms. The van der Waals surface area contributed by atoms with E-state index in [2.05, 4.69) is 10.6 Å². The normalized spacial score (nSPS) is 10.6. The minimum absolute atomic E-state index is 0.172. The summed E-state index contributed by atoms with van der Waals surface area (Å²) in [6, 6.07) is 10.5. The Labute approximate surface area is 151 Å². The Bertz CT molecular complexity index is 1000. The average Bonchev–Trinajstić information content (AvgIpc) is 2.97. The minimum atomic E-state index is -0.273. The molecule has 6 heteroatoms. The van der Waals surface area contributed by atoms with Gasteiger partial charge < -0.3 is 19.8 Å². The first-order valence-electron chi connectivity index (χ1n) is 8.15. The van der Waals surface area contributed by atoms with Gasteiger partial charge in [0.1, 0.15) is 17.1 Å². The zero-order valence-corrected chi connectivity index (χ0v) is 15.1. The van der Waals surface area contributed by atoms with E-state index in [1.165, 1.54) is 0 Å². The summed E-state index contributed by atoms with van der Waals surface area (Å²) in [4.78, 5) is 24.6.